The fourth-order valence-corrected chi connectivity index (χ4v) is 4.08. The summed E-state index contributed by atoms with van der Waals surface area (Å²) >= 11 is 1.63. The SMILES string of the molecule is Cc1cccc(C)c1NC(=O)CNC(=O)[C@H](C)N(C)Cc1nc2ccccc2s1. The smallest absolute Gasteiger partial charge is 0.243 e. The van der Waals surface area contributed by atoms with Gasteiger partial charge in [-0.15, -0.1) is 11.3 Å². The number of hydrogen-bond donors (Lipinski definition) is 2. The van der Waals surface area contributed by atoms with Gasteiger partial charge in [-0.05, 0) is 51.1 Å². The van der Waals surface area contributed by atoms with Crippen LogP contribution in [-0.2, 0) is 16.1 Å². The topological polar surface area (TPSA) is 74.3 Å². The van der Waals surface area contributed by atoms with Crippen molar-refractivity contribution in [2.75, 3.05) is 18.9 Å². The molecule has 0 unspecified atom stereocenters. The van der Waals surface area contributed by atoms with Gasteiger partial charge in [0.2, 0.25) is 11.8 Å². The molecule has 0 spiro atoms. The van der Waals surface area contributed by atoms with Crippen LogP contribution >= 0.6 is 11.3 Å². The largest absolute Gasteiger partial charge is 0.346 e. The molecule has 1 atom stereocenters. The molecule has 7 heteroatoms. The van der Waals surface area contributed by atoms with Crippen molar-refractivity contribution in [3.63, 3.8) is 0 Å². The molecule has 3 aromatic rings. The molecule has 1 heterocycles. The van der Waals surface area contributed by atoms with E-state index in [0.717, 1.165) is 32.0 Å². The Morgan fingerprint density at radius 1 is 1.10 bits per heavy atom. The van der Waals surface area contributed by atoms with Gasteiger partial charge in [0.1, 0.15) is 5.01 Å². The summed E-state index contributed by atoms with van der Waals surface area (Å²) < 4.78 is 1.14. The van der Waals surface area contributed by atoms with Crippen molar-refractivity contribution in [3.8, 4) is 0 Å². The highest BCUT2D eigenvalue weighted by Crippen LogP contribution is 2.23. The third kappa shape index (κ3) is 5.19. The molecule has 1 aromatic heterocycles. The summed E-state index contributed by atoms with van der Waals surface area (Å²) in [6.45, 7) is 6.22. The van der Waals surface area contributed by atoms with Crippen LogP contribution in [0.15, 0.2) is 42.5 Å². The summed E-state index contributed by atoms with van der Waals surface area (Å²) in [5, 5.41) is 6.57. The van der Waals surface area contributed by atoms with Gasteiger partial charge in [-0.1, -0.05) is 30.3 Å². The Morgan fingerprint density at radius 3 is 2.48 bits per heavy atom. The molecule has 2 aromatic carbocycles. The number of carbonyl (C=O) groups excluding carboxylic acids is 2. The van der Waals surface area contributed by atoms with E-state index in [1.54, 1.807) is 11.3 Å². The molecule has 0 aliphatic carbocycles. The normalized spacial score (nSPS) is 12.2. The van der Waals surface area contributed by atoms with Crippen LogP contribution in [0.2, 0.25) is 0 Å². The average molecular weight is 411 g/mol. The lowest BCUT2D eigenvalue weighted by atomic mass is 10.1. The minimum Gasteiger partial charge on any atom is -0.346 e. The van der Waals surface area contributed by atoms with Crippen LogP contribution in [0.5, 0.6) is 0 Å². The van der Waals surface area contributed by atoms with E-state index >= 15 is 0 Å². The van der Waals surface area contributed by atoms with Crippen LogP contribution in [0.25, 0.3) is 10.2 Å². The molecule has 0 saturated heterocycles. The maximum atomic E-state index is 12.5. The van der Waals surface area contributed by atoms with E-state index in [1.807, 2.05) is 75.2 Å². The third-order valence-corrected chi connectivity index (χ3v) is 5.95. The number of hydrogen-bond acceptors (Lipinski definition) is 5. The second-order valence-electron chi connectivity index (χ2n) is 7.20. The van der Waals surface area contributed by atoms with Crippen LogP contribution < -0.4 is 10.6 Å². The predicted molar refractivity (Wildman–Crippen MR) is 118 cm³/mol. The lowest BCUT2D eigenvalue weighted by molar-refractivity contribution is -0.127. The van der Waals surface area contributed by atoms with Crippen LogP contribution in [-0.4, -0.2) is 41.3 Å². The number of benzene rings is 2. The van der Waals surface area contributed by atoms with E-state index in [0.29, 0.717) is 6.54 Å². The Balaban J connectivity index is 1.52. The maximum Gasteiger partial charge on any atom is 0.243 e. The van der Waals surface area contributed by atoms with Gasteiger partial charge in [-0.25, -0.2) is 4.98 Å². The molecule has 0 radical (unpaired) electrons. The van der Waals surface area contributed by atoms with Crippen LogP contribution in [0.1, 0.15) is 23.1 Å². The van der Waals surface area contributed by atoms with Gasteiger partial charge >= 0.3 is 0 Å². The maximum absolute atomic E-state index is 12.5. The fourth-order valence-electron chi connectivity index (χ4n) is 3.05. The minimum atomic E-state index is -0.380. The van der Waals surface area contributed by atoms with Gasteiger partial charge in [0.15, 0.2) is 0 Å². The van der Waals surface area contributed by atoms with Crippen molar-refractivity contribution >= 4 is 39.1 Å². The summed E-state index contributed by atoms with van der Waals surface area (Å²) in [5.74, 6) is -0.429. The van der Waals surface area contributed by atoms with Crippen LogP contribution in [0.4, 0.5) is 5.69 Å². The monoisotopic (exact) mass is 410 g/mol. The Labute approximate surface area is 174 Å². The minimum absolute atomic E-state index is 0.0636. The van der Waals surface area contributed by atoms with Gasteiger partial charge < -0.3 is 10.6 Å². The Kier molecular flexibility index (Phi) is 6.61. The van der Waals surface area contributed by atoms with Gasteiger partial charge in [-0.3, -0.25) is 14.5 Å². The number of likely N-dealkylation sites (N-methyl/N-ethyl adjacent to an activating group) is 1. The van der Waals surface area contributed by atoms with E-state index in [2.05, 4.69) is 15.6 Å². The number of nitrogens with one attached hydrogen (secondary N) is 2. The Bertz CT molecular complexity index is 977. The quantitative estimate of drug-likeness (QED) is 0.625. The third-order valence-electron chi connectivity index (χ3n) is 4.93. The van der Waals surface area contributed by atoms with Gasteiger partial charge in [0.25, 0.3) is 0 Å². The van der Waals surface area contributed by atoms with Crippen molar-refractivity contribution in [1.29, 1.82) is 0 Å². The zero-order valence-corrected chi connectivity index (χ0v) is 18.0. The number of nitrogens with zero attached hydrogens (tertiary/aromatic N) is 2. The summed E-state index contributed by atoms with van der Waals surface area (Å²) in [5.41, 5.74) is 3.76. The zero-order valence-electron chi connectivity index (χ0n) is 17.2. The van der Waals surface area contributed by atoms with Crippen molar-refractivity contribution in [1.82, 2.24) is 15.2 Å². The first-order chi connectivity index (χ1) is 13.8. The molecule has 0 aliphatic rings. The molecule has 3 rings (SSSR count). The fraction of sp³-hybridized carbons (Fsp3) is 0.318. The highest BCUT2D eigenvalue weighted by molar-refractivity contribution is 7.18. The number of anilines is 1. The predicted octanol–water partition coefficient (Wildman–Crippen LogP) is 3.49. The molecule has 0 aliphatic heterocycles. The Morgan fingerprint density at radius 2 is 1.79 bits per heavy atom. The van der Waals surface area contributed by atoms with E-state index < -0.39 is 0 Å². The molecule has 0 fully saturated rings. The first kappa shape index (κ1) is 21.0. The lowest BCUT2D eigenvalue weighted by Gasteiger charge is -2.22. The molecule has 29 heavy (non-hydrogen) atoms. The molecule has 152 valence electrons. The number of thiazole rings is 1. The van der Waals surface area contributed by atoms with Crippen molar-refractivity contribution in [3.05, 3.63) is 58.6 Å². The average Bonchev–Trinajstić information content (AvgIpc) is 3.10. The van der Waals surface area contributed by atoms with Crippen molar-refractivity contribution in [2.24, 2.45) is 0 Å². The number of aryl methyl sites for hydroxylation is 2. The van der Waals surface area contributed by atoms with Crippen molar-refractivity contribution in [2.45, 2.75) is 33.4 Å². The van der Waals surface area contributed by atoms with Crippen LogP contribution in [0.3, 0.4) is 0 Å². The number of fused-ring (bicyclic) bond motifs is 1. The number of amides is 2. The molecule has 0 bridgehead atoms. The van der Waals surface area contributed by atoms with E-state index in [9.17, 15) is 9.59 Å². The van der Waals surface area contributed by atoms with Gasteiger partial charge in [0.05, 0.1) is 29.3 Å². The van der Waals surface area contributed by atoms with E-state index in [-0.39, 0.29) is 24.4 Å². The molecule has 2 N–H and O–H groups in total. The summed E-state index contributed by atoms with van der Waals surface area (Å²) in [4.78, 5) is 31.3. The lowest BCUT2D eigenvalue weighted by Crippen LogP contribution is -2.45. The summed E-state index contributed by atoms with van der Waals surface area (Å²) in [6, 6.07) is 13.4. The number of aromatic nitrogens is 1. The second kappa shape index (κ2) is 9.15. The standard InChI is InChI=1S/C22H26N4O2S/c1-14-8-7-9-15(2)21(14)25-19(27)12-23-22(28)16(3)26(4)13-20-24-17-10-5-6-11-18(17)29-20/h5-11,16H,12-13H2,1-4H3,(H,23,28)(H,25,27)/t16-/m0/s1. The molecular weight excluding hydrogens is 384 g/mol. The van der Waals surface area contributed by atoms with Crippen LogP contribution in [0, 0.1) is 13.8 Å². The molecule has 2 amide bonds. The van der Waals surface area contributed by atoms with Gasteiger partial charge in [0, 0.05) is 5.69 Å². The van der Waals surface area contributed by atoms with E-state index in [1.165, 1.54) is 0 Å². The van der Waals surface area contributed by atoms with E-state index in [4.69, 9.17) is 0 Å². The Hall–Kier alpha value is -2.77. The number of rotatable bonds is 7. The zero-order chi connectivity index (χ0) is 21.0. The summed E-state index contributed by atoms with van der Waals surface area (Å²) in [7, 11) is 1.88. The molecule has 6 nitrogen and oxygen atoms in total. The molecular formula is C22H26N4O2S. The van der Waals surface area contributed by atoms with Crippen molar-refractivity contribution < 1.29 is 9.59 Å². The summed E-state index contributed by atoms with van der Waals surface area (Å²) in [6.07, 6.45) is 0. The highest BCUT2D eigenvalue weighted by atomic mass is 32.1. The highest BCUT2D eigenvalue weighted by Gasteiger charge is 2.20. The van der Waals surface area contributed by atoms with Gasteiger partial charge in [-0.2, -0.15) is 0 Å². The first-order valence-corrected chi connectivity index (χ1v) is 10.3. The molecule has 0 saturated carbocycles. The first-order valence-electron chi connectivity index (χ1n) is 9.53. The second-order valence-corrected chi connectivity index (χ2v) is 8.31. The number of carbonyl (C=O) groups is 2. The number of para-hydroxylation sites is 2.